The summed E-state index contributed by atoms with van der Waals surface area (Å²) in [5.74, 6) is -1.70. The van der Waals surface area contributed by atoms with E-state index in [9.17, 15) is 24.6 Å². The Balaban J connectivity index is 2.03. The molecule has 2 rings (SSSR count). The van der Waals surface area contributed by atoms with Crippen molar-refractivity contribution in [2.24, 2.45) is 11.7 Å². The predicted molar refractivity (Wildman–Crippen MR) is 133 cm³/mol. The van der Waals surface area contributed by atoms with Crippen LogP contribution in [0.2, 0.25) is 0 Å². The Morgan fingerprint density at radius 3 is 2.14 bits per heavy atom. The number of carbonyl (C=O) groups excluding carboxylic acids is 2. The largest absolute Gasteiger partial charge is 0.480 e. The Labute approximate surface area is 205 Å². The number of nitrogens with one attached hydrogen (secondary N) is 3. The van der Waals surface area contributed by atoms with Gasteiger partial charge in [-0.1, -0.05) is 56.3 Å². The average molecular weight is 486 g/mol. The number of aliphatic carboxylic acids is 1. The summed E-state index contributed by atoms with van der Waals surface area (Å²) >= 11 is 0. The van der Waals surface area contributed by atoms with Crippen LogP contribution in [0.15, 0.2) is 54.6 Å². The molecule has 0 unspecified atom stereocenters. The summed E-state index contributed by atoms with van der Waals surface area (Å²) < 4.78 is 0. The van der Waals surface area contributed by atoms with Gasteiger partial charge >= 0.3 is 12.0 Å². The number of amides is 3. The molecule has 0 fully saturated rings. The maximum absolute atomic E-state index is 12.9. The number of benzene rings is 2. The molecule has 0 spiro atoms. The summed E-state index contributed by atoms with van der Waals surface area (Å²) in [4.78, 5) is 37.1. The predicted octanol–water partition coefficient (Wildman–Crippen LogP) is 1.16. The fraction of sp³-hybridized carbons (Fsp3) is 0.400. The minimum absolute atomic E-state index is 0.0502. The van der Waals surface area contributed by atoms with Crippen LogP contribution in [0.25, 0.3) is 0 Å². The van der Waals surface area contributed by atoms with Gasteiger partial charge in [-0.05, 0) is 35.6 Å². The maximum Gasteiger partial charge on any atom is 0.326 e. The van der Waals surface area contributed by atoms with Gasteiger partial charge in [0, 0.05) is 18.7 Å². The number of aliphatic hydroxyl groups is 1. The summed E-state index contributed by atoms with van der Waals surface area (Å²) in [6.07, 6.45) is -0.621. The summed E-state index contributed by atoms with van der Waals surface area (Å²) in [6, 6.07) is 12.1. The van der Waals surface area contributed by atoms with Crippen LogP contribution in [0.1, 0.15) is 37.5 Å². The van der Waals surface area contributed by atoms with Gasteiger partial charge in [-0.25, -0.2) is 9.59 Å². The highest BCUT2D eigenvalue weighted by Gasteiger charge is 2.27. The molecule has 0 saturated carbocycles. The van der Waals surface area contributed by atoms with E-state index >= 15 is 0 Å². The zero-order chi connectivity index (χ0) is 26.0. The molecule has 3 amide bonds. The molecule has 0 aliphatic heterocycles. The number of hydrogen-bond acceptors (Lipinski definition) is 6. The standard InChI is InChI=1S/C25H35N5O5/c1-15(2)12-21(24(33)34)29-23(32)20(13-16-6-4-3-5-7-16)30-25(35)28-14-19(27)22(31)17-8-10-18(26)11-9-17/h3-11,15,19-22,31H,12-14,26-27H2,1-2H3,(H,29,32)(H,33,34)(H2,28,30,35)/t19-,20+,21-,22-/m0/s1. The zero-order valence-electron chi connectivity index (χ0n) is 20.0. The van der Waals surface area contributed by atoms with E-state index in [1.54, 1.807) is 36.4 Å². The van der Waals surface area contributed by atoms with Crippen molar-refractivity contribution in [1.82, 2.24) is 16.0 Å². The third kappa shape index (κ3) is 9.26. The minimum Gasteiger partial charge on any atom is -0.480 e. The van der Waals surface area contributed by atoms with Gasteiger partial charge in [0.15, 0.2) is 0 Å². The Morgan fingerprint density at radius 1 is 0.943 bits per heavy atom. The molecular formula is C25H35N5O5. The van der Waals surface area contributed by atoms with Gasteiger partial charge in [-0.2, -0.15) is 0 Å². The second-order valence-corrected chi connectivity index (χ2v) is 8.90. The molecule has 10 heteroatoms. The third-order valence-corrected chi connectivity index (χ3v) is 5.41. The Hall–Kier alpha value is -3.63. The van der Waals surface area contributed by atoms with Gasteiger partial charge in [-0.15, -0.1) is 0 Å². The molecule has 0 aromatic heterocycles. The monoisotopic (exact) mass is 485 g/mol. The second-order valence-electron chi connectivity index (χ2n) is 8.90. The van der Waals surface area contributed by atoms with Gasteiger partial charge < -0.3 is 37.6 Å². The van der Waals surface area contributed by atoms with Crippen LogP contribution in [0, 0.1) is 5.92 Å². The van der Waals surface area contributed by atoms with Crippen molar-refractivity contribution in [3.05, 3.63) is 65.7 Å². The smallest absolute Gasteiger partial charge is 0.326 e. The number of nitrogen functional groups attached to an aromatic ring is 1. The van der Waals surface area contributed by atoms with Crippen LogP contribution in [-0.2, 0) is 16.0 Å². The number of carbonyl (C=O) groups is 3. The minimum atomic E-state index is -1.14. The van der Waals surface area contributed by atoms with Crippen molar-refractivity contribution < 1.29 is 24.6 Å². The molecule has 0 aliphatic carbocycles. The Bertz CT molecular complexity index is 968. The molecular weight excluding hydrogens is 450 g/mol. The summed E-state index contributed by atoms with van der Waals surface area (Å²) in [5, 5.41) is 27.6. The third-order valence-electron chi connectivity index (χ3n) is 5.41. The van der Waals surface area contributed by atoms with Crippen LogP contribution >= 0.6 is 0 Å². The van der Waals surface area contributed by atoms with Crippen molar-refractivity contribution in [3.63, 3.8) is 0 Å². The number of carboxylic acid groups (broad SMARTS) is 1. The van der Waals surface area contributed by atoms with E-state index in [1.165, 1.54) is 0 Å². The summed E-state index contributed by atoms with van der Waals surface area (Å²) in [6.45, 7) is 3.65. The van der Waals surface area contributed by atoms with Crippen LogP contribution in [-0.4, -0.2) is 52.8 Å². The molecule has 2 aromatic carbocycles. The summed E-state index contributed by atoms with van der Waals surface area (Å²) in [7, 11) is 0. The molecule has 9 N–H and O–H groups in total. The first-order valence-electron chi connectivity index (χ1n) is 11.5. The van der Waals surface area contributed by atoms with Crippen molar-refractivity contribution in [2.45, 2.75) is 50.9 Å². The molecule has 0 bridgehead atoms. The van der Waals surface area contributed by atoms with E-state index < -0.39 is 42.1 Å². The molecule has 35 heavy (non-hydrogen) atoms. The van der Waals surface area contributed by atoms with Crippen LogP contribution < -0.4 is 27.4 Å². The molecule has 0 radical (unpaired) electrons. The van der Waals surface area contributed by atoms with E-state index in [0.717, 1.165) is 5.56 Å². The first kappa shape index (κ1) is 27.6. The number of nitrogens with two attached hydrogens (primary N) is 2. The highest BCUT2D eigenvalue weighted by Crippen LogP contribution is 2.17. The molecule has 10 nitrogen and oxygen atoms in total. The Morgan fingerprint density at radius 2 is 1.57 bits per heavy atom. The van der Waals surface area contributed by atoms with Crippen molar-refractivity contribution >= 4 is 23.6 Å². The highest BCUT2D eigenvalue weighted by atomic mass is 16.4. The van der Waals surface area contributed by atoms with Gasteiger partial charge in [0.05, 0.1) is 12.1 Å². The lowest BCUT2D eigenvalue weighted by molar-refractivity contribution is -0.142. The highest BCUT2D eigenvalue weighted by molar-refractivity contribution is 5.90. The van der Waals surface area contributed by atoms with Gasteiger partial charge in [0.1, 0.15) is 12.1 Å². The van der Waals surface area contributed by atoms with Crippen LogP contribution in [0.5, 0.6) is 0 Å². The lowest BCUT2D eigenvalue weighted by atomic mass is 10.0. The maximum atomic E-state index is 12.9. The first-order valence-corrected chi connectivity index (χ1v) is 11.5. The number of hydrogen-bond donors (Lipinski definition) is 7. The van der Waals surface area contributed by atoms with E-state index in [-0.39, 0.29) is 25.3 Å². The van der Waals surface area contributed by atoms with E-state index in [0.29, 0.717) is 11.3 Å². The second kappa shape index (κ2) is 13.3. The van der Waals surface area contributed by atoms with Gasteiger partial charge in [0.25, 0.3) is 0 Å². The molecule has 0 saturated heterocycles. The number of rotatable bonds is 12. The van der Waals surface area contributed by atoms with Gasteiger partial charge in [0.2, 0.25) is 5.91 Å². The number of aliphatic hydroxyl groups excluding tert-OH is 1. The molecule has 2 aromatic rings. The normalized spacial score (nSPS) is 14.4. The lowest BCUT2D eigenvalue weighted by Crippen LogP contribution is -2.55. The number of anilines is 1. The van der Waals surface area contributed by atoms with Gasteiger partial charge in [-0.3, -0.25) is 4.79 Å². The summed E-state index contributed by atoms with van der Waals surface area (Å²) in [5.41, 5.74) is 13.6. The van der Waals surface area contributed by atoms with E-state index in [1.807, 2.05) is 32.0 Å². The SMILES string of the molecule is CC(C)C[C@H](NC(=O)[C@@H](Cc1ccccc1)NC(=O)NC[C@H](N)[C@@H](O)c1ccc(N)cc1)C(=O)O. The molecule has 0 aliphatic rings. The Kier molecular flexibility index (Phi) is 10.5. The zero-order valence-corrected chi connectivity index (χ0v) is 20.0. The number of urea groups is 1. The molecule has 0 heterocycles. The van der Waals surface area contributed by atoms with E-state index in [4.69, 9.17) is 11.5 Å². The van der Waals surface area contributed by atoms with Crippen LogP contribution in [0.3, 0.4) is 0 Å². The first-order chi connectivity index (χ1) is 16.6. The average Bonchev–Trinajstić information content (AvgIpc) is 2.82. The topological polar surface area (TPSA) is 180 Å². The quantitative estimate of drug-likeness (QED) is 0.220. The molecule has 4 atom stereocenters. The fourth-order valence-electron chi connectivity index (χ4n) is 3.50. The van der Waals surface area contributed by atoms with Crippen molar-refractivity contribution in [3.8, 4) is 0 Å². The van der Waals surface area contributed by atoms with Crippen molar-refractivity contribution in [2.75, 3.05) is 12.3 Å². The lowest BCUT2D eigenvalue weighted by Gasteiger charge is -2.24. The fourth-order valence-corrected chi connectivity index (χ4v) is 3.50. The van der Waals surface area contributed by atoms with E-state index in [2.05, 4.69) is 16.0 Å². The van der Waals surface area contributed by atoms with Crippen LogP contribution in [0.4, 0.5) is 10.5 Å². The number of carboxylic acids is 1. The van der Waals surface area contributed by atoms with Crippen molar-refractivity contribution in [1.29, 1.82) is 0 Å². The molecule has 190 valence electrons.